The number of aromatic nitrogens is 1. The van der Waals surface area contributed by atoms with Crippen LogP contribution in [0.25, 0.3) is 0 Å². The molecule has 1 aromatic heterocycles. The van der Waals surface area contributed by atoms with E-state index in [9.17, 15) is 4.39 Å². The minimum Gasteiger partial charge on any atom is -0.475 e. The van der Waals surface area contributed by atoms with Crippen molar-refractivity contribution in [2.45, 2.75) is 19.1 Å². The van der Waals surface area contributed by atoms with Crippen LogP contribution in [-0.4, -0.2) is 36.9 Å². The fourth-order valence-corrected chi connectivity index (χ4v) is 1.60. The first-order valence-electron chi connectivity index (χ1n) is 5.34. The van der Waals surface area contributed by atoms with Crippen LogP contribution in [0.3, 0.4) is 0 Å². The van der Waals surface area contributed by atoms with Crippen molar-refractivity contribution in [3.63, 3.8) is 0 Å². The number of ether oxygens (including phenoxy) is 2. The zero-order valence-corrected chi connectivity index (χ0v) is 9.15. The summed E-state index contributed by atoms with van der Waals surface area (Å²) in [6.07, 6.45) is 1.36. The van der Waals surface area contributed by atoms with Gasteiger partial charge in [0.1, 0.15) is 18.5 Å². The Balaban J connectivity index is 1.80. The second-order valence-corrected chi connectivity index (χ2v) is 3.85. The molecule has 1 fully saturated rings. The number of morpholine rings is 1. The first kappa shape index (κ1) is 11.3. The van der Waals surface area contributed by atoms with Crippen LogP contribution in [0.2, 0.25) is 0 Å². The SMILES string of the molecule is CC1CNCC(COc2ccc(F)cn2)O1. The second-order valence-electron chi connectivity index (χ2n) is 3.85. The van der Waals surface area contributed by atoms with Gasteiger partial charge in [-0.05, 0) is 13.0 Å². The summed E-state index contributed by atoms with van der Waals surface area (Å²) >= 11 is 0. The number of hydrogen-bond acceptors (Lipinski definition) is 4. The molecule has 0 spiro atoms. The summed E-state index contributed by atoms with van der Waals surface area (Å²) in [7, 11) is 0. The Morgan fingerprint density at radius 2 is 2.44 bits per heavy atom. The van der Waals surface area contributed by atoms with Gasteiger partial charge in [-0.25, -0.2) is 9.37 Å². The number of nitrogens with zero attached hydrogens (tertiary/aromatic N) is 1. The minimum absolute atomic E-state index is 0.0237. The predicted octanol–water partition coefficient (Wildman–Crippen LogP) is 0.976. The Morgan fingerprint density at radius 3 is 3.12 bits per heavy atom. The lowest BCUT2D eigenvalue weighted by molar-refractivity contribution is -0.0476. The molecule has 0 aliphatic carbocycles. The van der Waals surface area contributed by atoms with E-state index in [-0.39, 0.29) is 18.0 Å². The van der Waals surface area contributed by atoms with E-state index in [0.29, 0.717) is 12.5 Å². The van der Waals surface area contributed by atoms with Crippen LogP contribution in [0.1, 0.15) is 6.92 Å². The first-order chi connectivity index (χ1) is 7.74. The number of nitrogens with one attached hydrogen (secondary N) is 1. The molecule has 16 heavy (non-hydrogen) atoms. The monoisotopic (exact) mass is 226 g/mol. The third-order valence-corrected chi connectivity index (χ3v) is 2.35. The summed E-state index contributed by atoms with van der Waals surface area (Å²) in [5, 5.41) is 3.24. The van der Waals surface area contributed by atoms with Gasteiger partial charge in [0.05, 0.1) is 12.3 Å². The summed E-state index contributed by atoms with van der Waals surface area (Å²) in [5.41, 5.74) is 0. The van der Waals surface area contributed by atoms with E-state index in [0.717, 1.165) is 19.3 Å². The van der Waals surface area contributed by atoms with Gasteiger partial charge in [0.25, 0.3) is 0 Å². The smallest absolute Gasteiger partial charge is 0.213 e. The Bertz CT molecular complexity index is 331. The lowest BCUT2D eigenvalue weighted by Gasteiger charge is -2.28. The lowest BCUT2D eigenvalue weighted by atomic mass is 10.2. The Labute approximate surface area is 93.8 Å². The molecule has 88 valence electrons. The van der Waals surface area contributed by atoms with Crippen molar-refractivity contribution in [3.05, 3.63) is 24.1 Å². The molecule has 1 aromatic rings. The zero-order chi connectivity index (χ0) is 11.4. The van der Waals surface area contributed by atoms with Gasteiger partial charge >= 0.3 is 0 Å². The molecular weight excluding hydrogens is 211 g/mol. The van der Waals surface area contributed by atoms with Gasteiger partial charge in [0.2, 0.25) is 5.88 Å². The average molecular weight is 226 g/mol. The second kappa shape index (κ2) is 5.23. The standard InChI is InChI=1S/C11H15FN2O2/c1-8-4-13-6-10(16-8)7-15-11-3-2-9(12)5-14-11/h2-3,5,8,10,13H,4,6-7H2,1H3. The van der Waals surface area contributed by atoms with Crippen molar-refractivity contribution in [1.82, 2.24) is 10.3 Å². The summed E-state index contributed by atoms with van der Waals surface area (Å²) in [6, 6.07) is 2.83. The van der Waals surface area contributed by atoms with Gasteiger partial charge in [-0.3, -0.25) is 0 Å². The van der Waals surface area contributed by atoms with Gasteiger partial charge in [0.15, 0.2) is 0 Å². The fourth-order valence-electron chi connectivity index (χ4n) is 1.60. The molecule has 4 nitrogen and oxygen atoms in total. The highest BCUT2D eigenvalue weighted by molar-refractivity contribution is 5.10. The molecule has 1 aliphatic rings. The van der Waals surface area contributed by atoms with Crippen molar-refractivity contribution < 1.29 is 13.9 Å². The Kier molecular flexibility index (Phi) is 3.69. The molecule has 2 unspecified atom stereocenters. The van der Waals surface area contributed by atoms with Gasteiger partial charge in [-0.15, -0.1) is 0 Å². The molecule has 0 bridgehead atoms. The van der Waals surface area contributed by atoms with E-state index in [1.54, 1.807) is 0 Å². The maximum Gasteiger partial charge on any atom is 0.213 e. The van der Waals surface area contributed by atoms with Crippen molar-refractivity contribution in [3.8, 4) is 5.88 Å². The molecule has 1 aliphatic heterocycles. The number of hydrogen-bond donors (Lipinski definition) is 1. The first-order valence-corrected chi connectivity index (χ1v) is 5.34. The van der Waals surface area contributed by atoms with E-state index in [2.05, 4.69) is 10.3 Å². The normalized spacial score (nSPS) is 25.4. The zero-order valence-electron chi connectivity index (χ0n) is 9.15. The van der Waals surface area contributed by atoms with Crippen molar-refractivity contribution in [2.24, 2.45) is 0 Å². The van der Waals surface area contributed by atoms with Crippen LogP contribution in [0.4, 0.5) is 4.39 Å². The third-order valence-electron chi connectivity index (χ3n) is 2.35. The van der Waals surface area contributed by atoms with Crippen molar-refractivity contribution >= 4 is 0 Å². The van der Waals surface area contributed by atoms with Gasteiger partial charge in [-0.2, -0.15) is 0 Å². The topological polar surface area (TPSA) is 43.4 Å². The highest BCUT2D eigenvalue weighted by Crippen LogP contribution is 2.09. The molecule has 0 saturated carbocycles. The van der Waals surface area contributed by atoms with Gasteiger partial charge in [0, 0.05) is 19.2 Å². The maximum absolute atomic E-state index is 12.6. The average Bonchev–Trinajstić information content (AvgIpc) is 2.28. The molecular formula is C11H15FN2O2. The number of halogens is 1. The molecule has 0 radical (unpaired) electrons. The quantitative estimate of drug-likeness (QED) is 0.834. The summed E-state index contributed by atoms with van der Waals surface area (Å²) in [4.78, 5) is 3.81. The van der Waals surface area contributed by atoms with Crippen molar-refractivity contribution in [2.75, 3.05) is 19.7 Å². The van der Waals surface area contributed by atoms with Crippen molar-refractivity contribution in [1.29, 1.82) is 0 Å². The van der Waals surface area contributed by atoms with E-state index in [1.165, 1.54) is 12.1 Å². The highest BCUT2D eigenvalue weighted by atomic mass is 19.1. The molecule has 0 aromatic carbocycles. The Hall–Kier alpha value is -1.20. The number of pyridine rings is 1. The van der Waals surface area contributed by atoms with E-state index in [1.807, 2.05) is 6.92 Å². The minimum atomic E-state index is -0.364. The lowest BCUT2D eigenvalue weighted by Crippen LogP contribution is -2.45. The number of rotatable bonds is 3. The van der Waals surface area contributed by atoms with Crippen LogP contribution < -0.4 is 10.1 Å². The molecule has 2 heterocycles. The van der Waals surface area contributed by atoms with Crippen LogP contribution in [0.5, 0.6) is 5.88 Å². The molecule has 2 rings (SSSR count). The molecule has 1 saturated heterocycles. The van der Waals surface area contributed by atoms with Crippen LogP contribution >= 0.6 is 0 Å². The molecule has 1 N–H and O–H groups in total. The Morgan fingerprint density at radius 1 is 1.56 bits per heavy atom. The molecule has 5 heteroatoms. The third kappa shape index (κ3) is 3.15. The van der Waals surface area contributed by atoms with Gasteiger partial charge in [-0.1, -0.05) is 0 Å². The van der Waals surface area contributed by atoms with E-state index < -0.39 is 0 Å². The van der Waals surface area contributed by atoms with Crippen LogP contribution in [-0.2, 0) is 4.74 Å². The summed E-state index contributed by atoms with van der Waals surface area (Å²) in [6.45, 7) is 4.07. The van der Waals surface area contributed by atoms with E-state index >= 15 is 0 Å². The molecule has 0 amide bonds. The van der Waals surface area contributed by atoms with Gasteiger partial charge < -0.3 is 14.8 Å². The maximum atomic E-state index is 12.6. The summed E-state index contributed by atoms with van der Waals surface area (Å²) < 4.78 is 23.6. The largest absolute Gasteiger partial charge is 0.475 e. The predicted molar refractivity (Wildman–Crippen MR) is 56.9 cm³/mol. The van der Waals surface area contributed by atoms with Crippen LogP contribution in [0.15, 0.2) is 18.3 Å². The van der Waals surface area contributed by atoms with E-state index in [4.69, 9.17) is 9.47 Å². The molecule has 2 atom stereocenters. The van der Waals surface area contributed by atoms with Crippen LogP contribution in [0, 0.1) is 5.82 Å². The highest BCUT2D eigenvalue weighted by Gasteiger charge is 2.19. The fraction of sp³-hybridized carbons (Fsp3) is 0.545. The summed E-state index contributed by atoms with van der Waals surface area (Å²) in [5.74, 6) is 0.0554.